The molecule has 1 rings (SSSR count). The van der Waals surface area contributed by atoms with Gasteiger partial charge >= 0.3 is 5.97 Å². The SMILES string of the molecule is CCOC(=O)C(CCN(C)C1CCCC(C)C1)NC. The monoisotopic (exact) mass is 270 g/mol. The molecule has 1 fully saturated rings. The van der Waals surface area contributed by atoms with Gasteiger partial charge in [-0.2, -0.15) is 0 Å². The highest BCUT2D eigenvalue weighted by Crippen LogP contribution is 2.26. The standard InChI is InChI=1S/C15H30N2O2/c1-5-19-15(18)14(16-3)9-10-17(4)13-8-6-7-12(2)11-13/h12-14,16H,5-11H2,1-4H3. The molecule has 0 saturated heterocycles. The van der Waals surface area contributed by atoms with E-state index in [1.165, 1.54) is 25.7 Å². The minimum atomic E-state index is -0.177. The largest absolute Gasteiger partial charge is 0.465 e. The van der Waals surface area contributed by atoms with Crippen molar-refractivity contribution in [3.8, 4) is 0 Å². The van der Waals surface area contributed by atoms with Gasteiger partial charge in [-0.3, -0.25) is 4.79 Å². The molecular formula is C15H30N2O2. The Balaban J connectivity index is 2.34. The smallest absolute Gasteiger partial charge is 0.323 e. The van der Waals surface area contributed by atoms with Crippen LogP contribution < -0.4 is 5.32 Å². The van der Waals surface area contributed by atoms with E-state index < -0.39 is 0 Å². The van der Waals surface area contributed by atoms with Crippen LogP contribution in [0.3, 0.4) is 0 Å². The molecule has 1 N–H and O–H groups in total. The zero-order valence-electron chi connectivity index (χ0n) is 12.9. The van der Waals surface area contributed by atoms with Gasteiger partial charge in [-0.05, 0) is 46.2 Å². The first kappa shape index (κ1) is 16.4. The number of carbonyl (C=O) groups excluding carboxylic acids is 1. The van der Waals surface area contributed by atoms with Crippen LogP contribution in [0.4, 0.5) is 0 Å². The van der Waals surface area contributed by atoms with E-state index in [1.54, 1.807) is 0 Å². The molecule has 4 nitrogen and oxygen atoms in total. The Labute approximate surface area is 117 Å². The summed E-state index contributed by atoms with van der Waals surface area (Å²) in [6, 6.07) is 0.506. The maximum Gasteiger partial charge on any atom is 0.323 e. The van der Waals surface area contributed by atoms with Gasteiger partial charge in [0.25, 0.3) is 0 Å². The number of nitrogens with zero attached hydrogens (tertiary/aromatic N) is 1. The Morgan fingerprint density at radius 2 is 2.21 bits per heavy atom. The molecule has 0 heterocycles. The normalized spacial score (nSPS) is 25.3. The molecule has 4 heteroatoms. The molecule has 1 saturated carbocycles. The summed E-state index contributed by atoms with van der Waals surface area (Å²) in [7, 11) is 4.00. The lowest BCUT2D eigenvalue weighted by Gasteiger charge is -2.34. The third kappa shape index (κ3) is 5.49. The van der Waals surface area contributed by atoms with Crippen LogP contribution in [-0.2, 0) is 9.53 Å². The van der Waals surface area contributed by atoms with Crippen molar-refractivity contribution in [2.75, 3.05) is 27.2 Å². The van der Waals surface area contributed by atoms with E-state index in [-0.39, 0.29) is 12.0 Å². The highest BCUT2D eigenvalue weighted by Gasteiger charge is 2.24. The molecule has 0 spiro atoms. The van der Waals surface area contributed by atoms with E-state index >= 15 is 0 Å². The minimum absolute atomic E-state index is 0.129. The number of nitrogens with one attached hydrogen (secondary N) is 1. The van der Waals surface area contributed by atoms with Gasteiger partial charge in [0.1, 0.15) is 6.04 Å². The van der Waals surface area contributed by atoms with Crippen molar-refractivity contribution in [3.05, 3.63) is 0 Å². The Morgan fingerprint density at radius 1 is 1.47 bits per heavy atom. The summed E-state index contributed by atoms with van der Waals surface area (Å²) >= 11 is 0. The molecule has 112 valence electrons. The van der Waals surface area contributed by atoms with Crippen molar-refractivity contribution < 1.29 is 9.53 Å². The number of carbonyl (C=O) groups is 1. The Bertz CT molecular complexity index is 271. The average Bonchev–Trinajstić information content (AvgIpc) is 2.39. The number of hydrogen-bond acceptors (Lipinski definition) is 4. The molecule has 19 heavy (non-hydrogen) atoms. The van der Waals surface area contributed by atoms with Gasteiger partial charge in [0, 0.05) is 12.6 Å². The predicted octanol–water partition coefficient (Wildman–Crippen LogP) is 2.04. The van der Waals surface area contributed by atoms with Gasteiger partial charge in [0.2, 0.25) is 0 Å². The minimum Gasteiger partial charge on any atom is -0.465 e. The fourth-order valence-corrected chi connectivity index (χ4v) is 2.94. The van der Waals surface area contributed by atoms with Gasteiger partial charge < -0.3 is 15.0 Å². The number of ether oxygens (including phenoxy) is 1. The number of hydrogen-bond donors (Lipinski definition) is 1. The molecule has 1 aliphatic carbocycles. The number of likely N-dealkylation sites (N-methyl/N-ethyl adjacent to an activating group) is 1. The third-order valence-corrected chi connectivity index (χ3v) is 4.22. The van der Waals surface area contributed by atoms with E-state index in [1.807, 2.05) is 14.0 Å². The Kier molecular flexibility index (Phi) is 7.39. The highest BCUT2D eigenvalue weighted by atomic mass is 16.5. The lowest BCUT2D eigenvalue weighted by atomic mass is 9.86. The second kappa shape index (κ2) is 8.54. The van der Waals surface area contributed by atoms with Crippen molar-refractivity contribution >= 4 is 5.97 Å². The van der Waals surface area contributed by atoms with Gasteiger partial charge in [-0.15, -0.1) is 0 Å². The highest BCUT2D eigenvalue weighted by molar-refractivity contribution is 5.75. The first-order valence-corrected chi connectivity index (χ1v) is 7.62. The molecule has 0 aromatic rings. The van der Waals surface area contributed by atoms with Crippen LogP contribution in [0.5, 0.6) is 0 Å². The first-order valence-electron chi connectivity index (χ1n) is 7.62. The summed E-state index contributed by atoms with van der Waals surface area (Å²) in [6.07, 6.45) is 6.11. The molecular weight excluding hydrogens is 240 g/mol. The van der Waals surface area contributed by atoms with E-state index in [0.29, 0.717) is 12.6 Å². The quantitative estimate of drug-likeness (QED) is 0.719. The lowest BCUT2D eigenvalue weighted by Crippen LogP contribution is -2.41. The summed E-state index contributed by atoms with van der Waals surface area (Å²) in [5, 5.41) is 3.05. The second-order valence-corrected chi connectivity index (χ2v) is 5.79. The molecule has 0 aliphatic heterocycles. The van der Waals surface area contributed by atoms with E-state index in [4.69, 9.17) is 4.74 Å². The summed E-state index contributed by atoms with van der Waals surface area (Å²) in [4.78, 5) is 14.1. The fourth-order valence-electron chi connectivity index (χ4n) is 2.94. The van der Waals surface area contributed by atoms with Crippen molar-refractivity contribution in [2.45, 2.75) is 58.0 Å². The van der Waals surface area contributed by atoms with Crippen LogP contribution in [0, 0.1) is 5.92 Å². The third-order valence-electron chi connectivity index (χ3n) is 4.22. The van der Waals surface area contributed by atoms with Gasteiger partial charge in [-0.25, -0.2) is 0 Å². The molecule has 1 aliphatic rings. The fraction of sp³-hybridized carbons (Fsp3) is 0.933. The summed E-state index contributed by atoms with van der Waals surface area (Å²) in [5.74, 6) is 0.710. The molecule has 0 radical (unpaired) electrons. The second-order valence-electron chi connectivity index (χ2n) is 5.79. The molecule has 0 aromatic carbocycles. The van der Waals surface area contributed by atoms with Gasteiger partial charge in [0.15, 0.2) is 0 Å². The van der Waals surface area contributed by atoms with Crippen molar-refractivity contribution in [1.29, 1.82) is 0 Å². The average molecular weight is 270 g/mol. The first-order chi connectivity index (χ1) is 9.08. The molecule has 3 unspecified atom stereocenters. The maximum atomic E-state index is 11.7. The summed E-state index contributed by atoms with van der Waals surface area (Å²) in [6.45, 7) is 5.59. The lowest BCUT2D eigenvalue weighted by molar-refractivity contribution is -0.145. The Morgan fingerprint density at radius 3 is 2.79 bits per heavy atom. The summed E-state index contributed by atoms with van der Waals surface area (Å²) < 4.78 is 5.07. The van der Waals surface area contributed by atoms with Crippen LogP contribution in [-0.4, -0.2) is 50.2 Å². The summed E-state index contributed by atoms with van der Waals surface area (Å²) in [5.41, 5.74) is 0. The van der Waals surface area contributed by atoms with Crippen molar-refractivity contribution in [1.82, 2.24) is 10.2 Å². The van der Waals surface area contributed by atoms with E-state index in [0.717, 1.165) is 18.9 Å². The Hall–Kier alpha value is -0.610. The van der Waals surface area contributed by atoms with Crippen LogP contribution in [0.2, 0.25) is 0 Å². The number of rotatable bonds is 7. The topological polar surface area (TPSA) is 41.6 Å². The van der Waals surface area contributed by atoms with Crippen LogP contribution in [0.25, 0.3) is 0 Å². The van der Waals surface area contributed by atoms with Crippen molar-refractivity contribution in [2.24, 2.45) is 5.92 Å². The van der Waals surface area contributed by atoms with Crippen LogP contribution >= 0.6 is 0 Å². The van der Waals surface area contributed by atoms with Gasteiger partial charge in [0.05, 0.1) is 6.61 Å². The zero-order chi connectivity index (χ0) is 14.3. The van der Waals surface area contributed by atoms with E-state index in [9.17, 15) is 4.79 Å². The van der Waals surface area contributed by atoms with E-state index in [2.05, 4.69) is 24.2 Å². The van der Waals surface area contributed by atoms with Crippen LogP contribution in [0.15, 0.2) is 0 Å². The van der Waals surface area contributed by atoms with Crippen LogP contribution in [0.1, 0.15) is 46.0 Å². The molecule has 0 amide bonds. The van der Waals surface area contributed by atoms with Gasteiger partial charge in [-0.1, -0.05) is 19.8 Å². The molecule has 3 atom stereocenters. The molecule has 0 bridgehead atoms. The zero-order valence-corrected chi connectivity index (χ0v) is 12.9. The predicted molar refractivity (Wildman–Crippen MR) is 78.1 cm³/mol. The van der Waals surface area contributed by atoms with Crippen molar-refractivity contribution in [3.63, 3.8) is 0 Å². The maximum absolute atomic E-state index is 11.7. The molecule has 0 aromatic heterocycles. The number of esters is 1.